The lowest BCUT2D eigenvalue weighted by atomic mass is 10.0. The van der Waals surface area contributed by atoms with Gasteiger partial charge in [-0.15, -0.1) is 0 Å². The van der Waals surface area contributed by atoms with Gasteiger partial charge in [-0.05, 0) is 12.8 Å². The summed E-state index contributed by atoms with van der Waals surface area (Å²) in [4.78, 5) is 10.4. The Morgan fingerprint density at radius 3 is 2.33 bits per heavy atom. The van der Waals surface area contributed by atoms with Crippen molar-refractivity contribution in [3.63, 3.8) is 0 Å². The van der Waals surface area contributed by atoms with Crippen molar-refractivity contribution < 1.29 is 18.3 Å². The SMILES string of the molecule is CCC(CCS(N)(=O)=O)C(=O)O. The van der Waals surface area contributed by atoms with Crippen LogP contribution >= 0.6 is 0 Å². The van der Waals surface area contributed by atoms with Gasteiger partial charge in [0.05, 0.1) is 11.7 Å². The Morgan fingerprint density at radius 1 is 1.58 bits per heavy atom. The summed E-state index contributed by atoms with van der Waals surface area (Å²) in [5.41, 5.74) is 0. The van der Waals surface area contributed by atoms with Gasteiger partial charge in [-0.2, -0.15) is 0 Å². The largest absolute Gasteiger partial charge is 0.481 e. The van der Waals surface area contributed by atoms with E-state index < -0.39 is 21.9 Å². The Balaban J connectivity index is 3.98. The summed E-state index contributed by atoms with van der Waals surface area (Å²) in [6, 6.07) is 0. The molecule has 3 N–H and O–H groups in total. The van der Waals surface area contributed by atoms with Gasteiger partial charge in [0.15, 0.2) is 0 Å². The predicted octanol–water partition coefficient (Wildman–Crippen LogP) is -0.224. The molecule has 0 aliphatic heterocycles. The molecule has 0 amide bonds. The number of hydrogen-bond acceptors (Lipinski definition) is 3. The number of primary sulfonamides is 1. The molecule has 0 spiro atoms. The van der Waals surface area contributed by atoms with Crippen molar-refractivity contribution in [1.82, 2.24) is 0 Å². The normalized spacial score (nSPS) is 14.2. The van der Waals surface area contributed by atoms with Gasteiger partial charge in [-0.1, -0.05) is 6.92 Å². The highest BCUT2D eigenvalue weighted by atomic mass is 32.2. The highest BCUT2D eigenvalue weighted by Crippen LogP contribution is 2.08. The van der Waals surface area contributed by atoms with Crippen molar-refractivity contribution in [2.24, 2.45) is 11.1 Å². The van der Waals surface area contributed by atoms with Crippen LogP contribution in [0.5, 0.6) is 0 Å². The Labute approximate surface area is 71.6 Å². The van der Waals surface area contributed by atoms with Crippen LogP contribution in [0.3, 0.4) is 0 Å². The van der Waals surface area contributed by atoms with Crippen LogP contribution in [0.2, 0.25) is 0 Å². The smallest absolute Gasteiger partial charge is 0.306 e. The van der Waals surface area contributed by atoms with Crippen molar-refractivity contribution in [2.75, 3.05) is 5.75 Å². The first-order chi connectivity index (χ1) is 5.37. The fourth-order valence-corrected chi connectivity index (χ4v) is 1.42. The summed E-state index contributed by atoms with van der Waals surface area (Å²) in [5, 5.41) is 13.3. The van der Waals surface area contributed by atoms with E-state index in [9.17, 15) is 13.2 Å². The third-order valence-corrected chi connectivity index (χ3v) is 2.40. The summed E-state index contributed by atoms with van der Waals surface area (Å²) < 4.78 is 20.9. The summed E-state index contributed by atoms with van der Waals surface area (Å²) >= 11 is 0. The molecule has 1 unspecified atom stereocenters. The molecule has 72 valence electrons. The van der Waals surface area contributed by atoms with E-state index in [0.717, 1.165) is 0 Å². The maximum absolute atomic E-state index is 10.5. The third-order valence-electron chi connectivity index (χ3n) is 1.59. The summed E-state index contributed by atoms with van der Waals surface area (Å²) in [6.07, 6.45) is 0.509. The van der Waals surface area contributed by atoms with Crippen molar-refractivity contribution in [1.29, 1.82) is 0 Å². The lowest BCUT2D eigenvalue weighted by Crippen LogP contribution is -2.22. The van der Waals surface area contributed by atoms with Gasteiger partial charge in [0.25, 0.3) is 0 Å². The maximum Gasteiger partial charge on any atom is 0.306 e. The number of carbonyl (C=O) groups is 1. The van der Waals surface area contributed by atoms with Crippen molar-refractivity contribution in [3.8, 4) is 0 Å². The van der Waals surface area contributed by atoms with Gasteiger partial charge in [0.1, 0.15) is 0 Å². The fraction of sp³-hybridized carbons (Fsp3) is 0.833. The van der Waals surface area contributed by atoms with Gasteiger partial charge in [-0.3, -0.25) is 4.79 Å². The van der Waals surface area contributed by atoms with E-state index in [1.54, 1.807) is 6.92 Å². The van der Waals surface area contributed by atoms with Gasteiger partial charge in [0.2, 0.25) is 10.0 Å². The van der Waals surface area contributed by atoms with Crippen LogP contribution in [0.1, 0.15) is 19.8 Å². The van der Waals surface area contributed by atoms with Crippen LogP contribution in [0.4, 0.5) is 0 Å². The number of carboxylic acid groups (broad SMARTS) is 1. The van der Waals surface area contributed by atoms with Crippen molar-refractivity contribution >= 4 is 16.0 Å². The zero-order chi connectivity index (χ0) is 9.78. The second kappa shape index (κ2) is 4.42. The average molecular weight is 195 g/mol. The molecule has 0 radical (unpaired) electrons. The Morgan fingerprint density at radius 2 is 2.08 bits per heavy atom. The van der Waals surface area contributed by atoms with Gasteiger partial charge in [-0.25, -0.2) is 13.6 Å². The highest BCUT2D eigenvalue weighted by molar-refractivity contribution is 7.89. The first-order valence-corrected chi connectivity index (χ1v) is 5.31. The van der Waals surface area contributed by atoms with E-state index in [4.69, 9.17) is 10.2 Å². The topological polar surface area (TPSA) is 97.5 Å². The minimum Gasteiger partial charge on any atom is -0.481 e. The fourth-order valence-electron chi connectivity index (χ4n) is 0.809. The van der Waals surface area contributed by atoms with E-state index in [0.29, 0.717) is 6.42 Å². The predicted molar refractivity (Wildman–Crippen MR) is 44.0 cm³/mol. The standard InChI is InChI=1S/C6H13NO4S/c1-2-5(6(8)9)3-4-12(7,10)11/h5H,2-4H2,1H3,(H,8,9)(H2,7,10,11). The minimum atomic E-state index is -3.53. The molecule has 0 aromatic rings. The number of sulfonamides is 1. The third kappa shape index (κ3) is 5.09. The Kier molecular flexibility index (Phi) is 4.19. The molecule has 0 rings (SSSR count). The van der Waals surface area contributed by atoms with Crippen LogP contribution in [0.15, 0.2) is 0 Å². The maximum atomic E-state index is 10.5. The van der Waals surface area contributed by atoms with E-state index >= 15 is 0 Å². The van der Waals surface area contributed by atoms with Crippen LogP contribution in [-0.4, -0.2) is 25.2 Å². The number of nitrogens with two attached hydrogens (primary N) is 1. The van der Waals surface area contributed by atoms with Gasteiger partial charge < -0.3 is 5.11 Å². The lowest BCUT2D eigenvalue weighted by Gasteiger charge is -2.07. The molecule has 1 atom stereocenters. The zero-order valence-electron chi connectivity index (χ0n) is 6.86. The van der Waals surface area contributed by atoms with Crippen LogP contribution < -0.4 is 5.14 Å². The van der Waals surface area contributed by atoms with Gasteiger partial charge in [0, 0.05) is 0 Å². The van der Waals surface area contributed by atoms with E-state index in [1.807, 2.05) is 0 Å². The van der Waals surface area contributed by atoms with E-state index in [2.05, 4.69) is 0 Å². The number of aliphatic carboxylic acids is 1. The Hall–Kier alpha value is -0.620. The van der Waals surface area contributed by atoms with Gasteiger partial charge >= 0.3 is 5.97 Å². The second-order valence-electron chi connectivity index (χ2n) is 2.60. The minimum absolute atomic E-state index is 0.0880. The summed E-state index contributed by atoms with van der Waals surface area (Å²) in [6.45, 7) is 1.70. The first-order valence-electron chi connectivity index (χ1n) is 3.60. The monoisotopic (exact) mass is 195 g/mol. The second-order valence-corrected chi connectivity index (χ2v) is 4.33. The molecule has 0 saturated heterocycles. The van der Waals surface area contributed by atoms with Crippen LogP contribution in [-0.2, 0) is 14.8 Å². The molecule has 0 aromatic heterocycles. The number of rotatable bonds is 5. The summed E-state index contributed by atoms with van der Waals surface area (Å²) in [7, 11) is -3.53. The molecule has 0 aliphatic rings. The molecule has 0 saturated carbocycles. The zero-order valence-corrected chi connectivity index (χ0v) is 7.67. The molecule has 0 aliphatic carbocycles. The average Bonchev–Trinajstić information content (AvgIpc) is 1.85. The molecule has 0 fully saturated rings. The lowest BCUT2D eigenvalue weighted by molar-refractivity contribution is -0.141. The first kappa shape index (κ1) is 11.4. The molecular formula is C6H13NO4S. The van der Waals surface area contributed by atoms with Crippen molar-refractivity contribution in [3.05, 3.63) is 0 Å². The summed E-state index contributed by atoms with van der Waals surface area (Å²) in [5.74, 6) is -1.85. The number of carboxylic acids is 1. The van der Waals surface area contributed by atoms with E-state index in [1.165, 1.54) is 0 Å². The molecule has 0 heterocycles. The molecule has 12 heavy (non-hydrogen) atoms. The quantitative estimate of drug-likeness (QED) is 0.633. The highest BCUT2D eigenvalue weighted by Gasteiger charge is 2.17. The van der Waals surface area contributed by atoms with E-state index in [-0.39, 0.29) is 12.2 Å². The molecule has 6 heteroatoms. The molecular weight excluding hydrogens is 182 g/mol. The Bertz CT molecular complexity index is 246. The number of hydrogen-bond donors (Lipinski definition) is 2. The molecule has 5 nitrogen and oxygen atoms in total. The van der Waals surface area contributed by atoms with Crippen LogP contribution in [0, 0.1) is 5.92 Å². The van der Waals surface area contributed by atoms with Crippen LogP contribution in [0.25, 0.3) is 0 Å². The van der Waals surface area contributed by atoms with Crippen molar-refractivity contribution in [2.45, 2.75) is 19.8 Å². The molecule has 0 bridgehead atoms. The molecule has 0 aromatic carbocycles.